The Morgan fingerprint density at radius 3 is 2.94 bits per heavy atom. The molecule has 1 fully saturated rings. The van der Waals surface area contributed by atoms with Crippen molar-refractivity contribution < 1.29 is 4.74 Å². The van der Waals surface area contributed by atoms with E-state index in [9.17, 15) is 0 Å². The van der Waals surface area contributed by atoms with Crippen LogP contribution in [0.15, 0.2) is 24.3 Å². The Hall–Kier alpha value is -1.46. The summed E-state index contributed by atoms with van der Waals surface area (Å²) in [6.45, 7) is 0. The minimum Gasteiger partial charge on any atom is -0.380 e. The topological polar surface area (TPSA) is 21.3 Å². The minimum atomic E-state index is 0.318. The summed E-state index contributed by atoms with van der Waals surface area (Å²) >= 11 is 0. The highest BCUT2D eigenvalue weighted by molar-refractivity contribution is 5.50. The smallest absolute Gasteiger partial charge is 0.0772 e. The Bertz CT molecular complexity index is 408. The zero-order valence-electron chi connectivity index (χ0n) is 10.3. The largest absolute Gasteiger partial charge is 0.380 e. The Labute approximate surface area is 103 Å². The summed E-state index contributed by atoms with van der Waals surface area (Å²) in [6, 6.07) is 8.41. The van der Waals surface area contributed by atoms with Gasteiger partial charge >= 0.3 is 0 Å². The van der Waals surface area contributed by atoms with Crippen molar-refractivity contribution in [1.82, 2.24) is 0 Å². The highest BCUT2D eigenvalue weighted by atomic mass is 16.5. The number of ether oxygens (including phenoxy) is 1. The van der Waals surface area contributed by atoms with Crippen molar-refractivity contribution in [1.29, 1.82) is 0 Å². The van der Waals surface area contributed by atoms with Crippen LogP contribution >= 0.6 is 0 Å². The number of hydrogen-bond donors (Lipinski definition) is 1. The van der Waals surface area contributed by atoms with Gasteiger partial charge in [0, 0.05) is 18.4 Å². The van der Waals surface area contributed by atoms with Crippen LogP contribution in [0.2, 0.25) is 0 Å². The van der Waals surface area contributed by atoms with Gasteiger partial charge in [-0.25, -0.2) is 0 Å². The molecule has 1 saturated carbocycles. The van der Waals surface area contributed by atoms with Gasteiger partial charge < -0.3 is 10.1 Å². The number of hydrogen-bond acceptors (Lipinski definition) is 2. The first-order chi connectivity index (χ1) is 8.33. The average molecular weight is 229 g/mol. The van der Waals surface area contributed by atoms with Crippen LogP contribution < -0.4 is 5.32 Å². The van der Waals surface area contributed by atoms with Gasteiger partial charge in [0.15, 0.2) is 0 Å². The van der Waals surface area contributed by atoms with Gasteiger partial charge in [-0.2, -0.15) is 0 Å². The molecule has 2 heteroatoms. The second-order valence-electron chi connectivity index (χ2n) is 4.53. The summed E-state index contributed by atoms with van der Waals surface area (Å²) in [5, 5.41) is 3.54. The number of benzene rings is 1. The first kappa shape index (κ1) is 12.0. The zero-order chi connectivity index (χ0) is 12.1. The van der Waals surface area contributed by atoms with E-state index in [1.54, 1.807) is 7.11 Å². The molecule has 1 aromatic carbocycles. The molecule has 0 aromatic heterocycles. The molecule has 0 saturated heterocycles. The monoisotopic (exact) mass is 229 g/mol. The summed E-state index contributed by atoms with van der Waals surface area (Å²) in [5.74, 6) is 2.66. The van der Waals surface area contributed by atoms with Gasteiger partial charge in [-0.1, -0.05) is 24.8 Å². The maximum atomic E-state index is 5.53. The molecule has 1 N–H and O–H groups in total. The molecule has 2 rings (SSSR count). The number of methoxy groups -OCH3 is 1. The Kier molecular flexibility index (Phi) is 4.06. The normalized spacial score (nSPS) is 24.0. The highest BCUT2D eigenvalue weighted by Crippen LogP contribution is 2.24. The van der Waals surface area contributed by atoms with Crippen molar-refractivity contribution in [2.75, 3.05) is 12.4 Å². The lowest BCUT2D eigenvalue weighted by Gasteiger charge is -2.31. The van der Waals surface area contributed by atoms with Gasteiger partial charge in [-0.3, -0.25) is 0 Å². The van der Waals surface area contributed by atoms with Crippen molar-refractivity contribution in [3.8, 4) is 12.3 Å². The summed E-state index contributed by atoms with van der Waals surface area (Å²) in [4.78, 5) is 0. The van der Waals surface area contributed by atoms with Crippen LogP contribution in [-0.4, -0.2) is 19.3 Å². The fourth-order valence-corrected chi connectivity index (χ4v) is 2.46. The van der Waals surface area contributed by atoms with E-state index in [1.165, 1.54) is 19.3 Å². The molecule has 0 radical (unpaired) electrons. The second-order valence-corrected chi connectivity index (χ2v) is 4.53. The second kappa shape index (κ2) is 5.75. The summed E-state index contributed by atoms with van der Waals surface area (Å²) in [7, 11) is 1.79. The highest BCUT2D eigenvalue weighted by Gasteiger charge is 2.24. The fraction of sp³-hybridized carbons (Fsp3) is 0.467. The maximum Gasteiger partial charge on any atom is 0.0772 e. The summed E-state index contributed by atoms with van der Waals surface area (Å²) < 4.78 is 5.53. The van der Waals surface area contributed by atoms with Crippen molar-refractivity contribution in [3.05, 3.63) is 29.8 Å². The molecule has 0 heterocycles. The standard InChI is InChI=1S/C15H19NO/c1-3-12-7-6-8-13(11-12)16-14-9-4-5-10-15(14)17-2/h1,6-8,11,14-16H,4-5,9-10H2,2H3. The van der Waals surface area contributed by atoms with Gasteiger partial charge in [-0.05, 0) is 31.0 Å². The van der Waals surface area contributed by atoms with Crippen molar-refractivity contribution in [2.45, 2.75) is 37.8 Å². The predicted octanol–water partition coefficient (Wildman–Crippen LogP) is 3.04. The molecule has 2 nitrogen and oxygen atoms in total. The van der Waals surface area contributed by atoms with Gasteiger partial charge in [0.05, 0.1) is 12.1 Å². The molecule has 1 aliphatic carbocycles. The molecule has 1 aliphatic rings. The van der Waals surface area contributed by atoms with E-state index >= 15 is 0 Å². The number of anilines is 1. The van der Waals surface area contributed by atoms with Crippen LogP contribution in [0.5, 0.6) is 0 Å². The van der Waals surface area contributed by atoms with E-state index in [-0.39, 0.29) is 0 Å². The van der Waals surface area contributed by atoms with Gasteiger partial charge in [0.1, 0.15) is 0 Å². The molecule has 0 bridgehead atoms. The van der Waals surface area contributed by atoms with Crippen LogP contribution in [0, 0.1) is 12.3 Å². The fourth-order valence-electron chi connectivity index (χ4n) is 2.46. The molecular formula is C15H19NO. The molecule has 0 spiro atoms. The third-order valence-corrected chi connectivity index (χ3v) is 3.39. The minimum absolute atomic E-state index is 0.318. The SMILES string of the molecule is C#Cc1cccc(NC2CCCCC2OC)c1. The Balaban J connectivity index is 2.06. The Morgan fingerprint density at radius 1 is 1.35 bits per heavy atom. The molecule has 0 aliphatic heterocycles. The lowest BCUT2D eigenvalue weighted by atomic mass is 9.92. The van der Waals surface area contributed by atoms with Crippen molar-refractivity contribution >= 4 is 5.69 Å². The zero-order valence-corrected chi connectivity index (χ0v) is 10.3. The van der Waals surface area contributed by atoms with E-state index in [1.807, 2.05) is 18.2 Å². The van der Waals surface area contributed by atoms with Crippen LogP contribution in [0.25, 0.3) is 0 Å². The molecule has 1 aromatic rings. The predicted molar refractivity (Wildman–Crippen MR) is 71.1 cm³/mol. The van der Waals surface area contributed by atoms with E-state index in [4.69, 9.17) is 11.2 Å². The van der Waals surface area contributed by atoms with E-state index < -0.39 is 0 Å². The van der Waals surface area contributed by atoms with E-state index in [0.717, 1.165) is 17.7 Å². The number of nitrogens with one attached hydrogen (secondary N) is 1. The average Bonchev–Trinajstić information content (AvgIpc) is 2.39. The van der Waals surface area contributed by atoms with Gasteiger partial charge in [0.25, 0.3) is 0 Å². The van der Waals surface area contributed by atoms with Crippen LogP contribution in [-0.2, 0) is 4.74 Å². The summed E-state index contributed by atoms with van der Waals surface area (Å²) in [6.07, 6.45) is 10.6. The lowest BCUT2D eigenvalue weighted by molar-refractivity contribution is 0.0606. The molecule has 0 amide bonds. The number of rotatable bonds is 3. The van der Waals surface area contributed by atoms with Crippen molar-refractivity contribution in [2.24, 2.45) is 0 Å². The summed E-state index contributed by atoms with van der Waals surface area (Å²) in [5.41, 5.74) is 2.01. The molecule has 2 atom stereocenters. The van der Waals surface area contributed by atoms with Crippen molar-refractivity contribution in [3.63, 3.8) is 0 Å². The first-order valence-electron chi connectivity index (χ1n) is 6.19. The first-order valence-corrected chi connectivity index (χ1v) is 6.19. The molecule has 90 valence electrons. The van der Waals surface area contributed by atoms with Gasteiger partial charge in [0.2, 0.25) is 0 Å². The Morgan fingerprint density at radius 2 is 2.18 bits per heavy atom. The molecule has 2 unspecified atom stereocenters. The van der Waals surface area contributed by atoms with E-state index in [0.29, 0.717) is 12.1 Å². The third kappa shape index (κ3) is 3.01. The van der Waals surface area contributed by atoms with E-state index in [2.05, 4.69) is 17.3 Å². The van der Waals surface area contributed by atoms with Crippen LogP contribution in [0.1, 0.15) is 31.2 Å². The lowest BCUT2D eigenvalue weighted by Crippen LogP contribution is -2.37. The van der Waals surface area contributed by atoms with Gasteiger partial charge in [-0.15, -0.1) is 6.42 Å². The van der Waals surface area contributed by atoms with Crippen LogP contribution in [0.4, 0.5) is 5.69 Å². The quantitative estimate of drug-likeness (QED) is 0.804. The third-order valence-electron chi connectivity index (χ3n) is 3.39. The maximum absolute atomic E-state index is 5.53. The molecular weight excluding hydrogens is 210 g/mol. The van der Waals surface area contributed by atoms with Crippen LogP contribution in [0.3, 0.4) is 0 Å². The molecule has 17 heavy (non-hydrogen) atoms. The number of terminal acetylenes is 1.